The quantitative estimate of drug-likeness (QED) is 0.796. The maximum atomic E-state index is 10.6. The van der Waals surface area contributed by atoms with Gasteiger partial charge >= 0.3 is 5.97 Å². The Bertz CT molecular complexity index is 366. The van der Waals surface area contributed by atoms with Crippen LogP contribution in [0.3, 0.4) is 0 Å². The van der Waals surface area contributed by atoms with Crippen LogP contribution >= 0.6 is 0 Å². The summed E-state index contributed by atoms with van der Waals surface area (Å²) in [5, 5.41) is 12.1. The molecular formula is C11H15NO3. The third-order valence-electron chi connectivity index (χ3n) is 3.05. The van der Waals surface area contributed by atoms with E-state index in [1.165, 1.54) is 25.5 Å². The van der Waals surface area contributed by atoms with Gasteiger partial charge in [-0.05, 0) is 32.3 Å². The van der Waals surface area contributed by atoms with Crippen molar-refractivity contribution in [2.24, 2.45) is 0 Å². The van der Waals surface area contributed by atoms with Crippen molar-refractivity contribution in [3.05, 3.63) is 23.7 Å². The van der Waals surface area contributed by atoms with E-state index in [9.17, 15) is 4.79 Å². The van der Waals surface area contributed by atoms with Crippen molar-refractivity contribution in [2.45, 2.75) is 38.3 Å². The van der Waals surface area contributed by atoms with Gasteiger partial charge in [-0.3, -0.25) is 0 Å². The molecule has 1 saturated carbocycles. The highest BCUT2D eigenvalue weighted by Gasteiger charge is 2.31. The van der Waals surface area contributed by atoms with Crippen LogP contribution in [0.25, 0.3) is 0 Å². The molecule has 15 heavy (non-hydrogen) atoms. The first kappa shape index (κ1) is 10.2. The zero-order chi connectivity index (χ0) is 10.9. The summed E-state index contributed by atoms with van der Waals surface area (Å²) in [5.41, 5.74) is 0.432. The Balaban J connectivity index is 1.90. The lowest BCUT2D eigenvalue weighted by Crippen LogP contribution is -2.47. The molecule has 0 radical (unpaired) electrons. The highest BCUT2D eigenvalue weighted by Crippen LogP contribution is 2.31. The average Bonchev–Trinajstić information content (AvgIpc) is 2.60. The second kappa shape index (κ2) is 3.70. The predicted molar refractivity (Wildman–Crippen MR) is 54.8 cm³/mol. The number of carboxylic acids is 1. The Morgan fingerprint density at radius 3 is 2.87 bits per heavy atom. The largest absolute Gasteiger partial charge is 0.478 e. The van der Waals surface area contributed by atoms with Gasteiger partial charge in [0.15, 0.2) is 0 Å². The fourth-order valence-electron chi connectivity index (χ4n) is 1.77. The lowest BCUT2D eigenvalue weighted by Gasteiger charge is -2.39. The minimum atomic E-state index is -0.945. The fourth-order valence-corrected chi connectivity index (χ4v) is 1.77. The lowest BCUT2D eigenvalue weighted by atomic mass is 9.78. The molecular weight excluding hydrogens is 194 g/mol. The van der Waals surface area contributed by atoms with E-state index in [1.54, 1.807) is 6.07 Å². The summed E-state index contributed by atoms with van der Waals surface area (Å²) < 4.78 is 5.15. The first-order valence-corrected chi connectivity index (χ1v) is 5.15. The molecule has 82 valence electrons. The lowest BCUT2D eigenvalue weighted by molar-refractivity contribution is 0.0696. The molecule has 0 unspecified atom stereocenters. The number of hydrogen-bond acceptors (Lipinski definition) is 3. The first-order valence-electron chi connectivity index (χ1n) is 5.15. The minimum Gasteiger partial charge on any atom is -0.478 e. The Morgan fingerprint density at radius 1 is 1.67 bits per heavy atom. The van der Waals surface area contributed by atoms with Crippen LogP contribution in [0.2, 0.25) is 0 Å². The third kappa shape index (κ3) is 2.21. The Morgan fingerprint density at radius 2 is 2.40 bits per heavy atom. The number of rotatable bonds is 4. The second-order valence-corrected chi connectivity index (χ2v) is 4.37. The number of furan rings is 1. The molecule has 0 saturated heterocycles. The van der Waals surface area contributed by atoms with Gasteiger partial charge in [-0.15, -0.1) is 0 Å². The summed E-state index contributed by atoms with van der Waals surface area (Å²) >= 11 is 0. The molecule has 1 aliphatic carbocycles. The van der Waals surface area contributed by atoms with Gasteiger partial charge in [0.2, 0.25) is 0 Å². The SMILES string of the molecule is CC1(NCc2cc(C(=O)O)co2)CCC1. The van der Waals surface area contributed by atoms with Crippen molar-refractivity contribution in [3.63, 3.8) is 0 Å². The molecule has 1 aromatic rings. The molecule has 4 nitrogen and oxygen atoms in total. The predicted octanol–water partition coefficient (Wildman–Crippen LogP) is 2.01. The summed E-state index contributed by atoms with van der Waals surface area (Å²) in [6.45, 7) is 2.78. The molecule has 1 heterocycles. The van der Waals surface area contributed by atoms with E-state index in [0.717, 1.165) is 0 Å². The summed E-state index contributed by atoms with van der Waals surface area (Å²) in [6.07, 6.45) is 4.91. The van der Waals surface area contributed by atoms with Crippen LogP contribution in [0.4, 0.5) is 0 Å². The zero-order valence-electron chi connectivity index (χ0n) is 8.75. The van der Waals surface area contributed by atoms with Gasteiger partial charge < -0.3 is 14.8 Å². The van der Waals surface area contributed by atoms with E-state index in [1.807, 2.05) is 0 Å². The van der Waals surface area contributed by atoms with Crippen molar-refractivity contribution < 1.29 is 14.3 Å². The molecule has 0 aromatic carbocycles. The molecule has 0 atom stereocenters. The summed E-state index contributed by atoms with van der Waals surface area (Å²) in [6, 6.07) is 1.57. The van der Waals surface area contributed by atoms with E-state index in [0.29, 0.717) is 12.3 Å². The molecule has 1 aliphatic rings. The van der Waals surface area contributed by atoms with E-state index >= 15 is 0 Å². The van der Waals surface area contributed by atoms with Crippen LogP contribution in [-0.2, 0) is 6.54 Å². The molecule has 0 bridgehead atoms. The normalized spacial score (nSPS) is 18.5. The number of carbonyl (C=O) groups is 1. The average molecular weight is 209 g/mol. The minimum absolute atomic E-state index is 0.213. The molecule has 0 spiro atoms. The molecule has 1 aromatic heterocycles. The van der Waals surface area contributed by atoms with Crippen LogP contribution < -0.4 is 5.32 Å². The third-order valence-corrected chi connectivity index (χ3v) is 3.05. The Labute approximate surface area is 88.3 Å². The van der Waals surface area contributed by atoms with Crippen LogP contribution in [-0.4, -0.2) is 16.6 Å². The van der Waals surface area contributed by atoms with Crippen LogP contribution in [0, 0.1) is 0 Å². The zero-order valence-corrected chi connectivity index (χ0v) is 8.75. The molecule has 0 amide bonds. The highest BCUT2D eigenvalue weighted by atomic mass is 16.4. The Hall–Kier alpha value is -1.29. The van der Waals surface area contributed by atoms with Crippen molar-refractivity contribution >= 4 is 5.97 Å². The maximum absolute atomic E-state index is 10.6. The molecule has 2 rings (SSSR count). The molecule has 4 heteroatoms. The summed E-state index contributed by atoms with van der Waals surface area (Å²) in [5.74, 6) is -0.264. The van der Waals surface area contributed by atoms with Crippen molar-refractivity contribution in [2.75, 3.05) is 0 Å². The number of nitrogens with one attached hydrogen (secondary N) is 1. The number of hydrogen-bond donors (Lipinski definition) is 2. The van der Waals surface area contributed by atoms with Crippen molar-refractivity contribution in [3.8, 4) is 0 Å². The van der Waals surface area contributed by atoms with Crippen molar-refractivity contribution in [1.82, 2.24) is 5.32 Å². The summed E-state index contributed by atoms with van der Waals surface area (Å²) in [7, 11) is 0. The van der Waals surface area contributed by atoms with Crippen LogP contribution in [0.15, 0.2) is 16.7 Å². The van der Waals surface area contributed by atoms with E-state index in [-0.39, 0.29) is 11.1 Å². The molecule has 2 N–H and O–H groups in total. The van der Waals surface area contributed by atoms with Gasteiger partial charge in [0.25, 0.3) is 0 Å². The van der Waals surface area contributed by atoms with Gasteiger partial charge in [0.1, 0.15) is 12.0 Å². The van der Waals surface area contributed by atoms with Gasteiger partial charge in [-0.25, -0.2) is 4.79 Å². The van der Waals surface area contributed by atoms with Gasteiger partial charge in [-0.1, -0.05) is 0 Å². The topological polar surface area (TPSA) is 62.5 Å². The van der Waals surface area contributed by atoms with Crippen LogP contribution in [0.1, 0.15) is 42.3 Å². The van der Waals surface area contributed by atoms with Crippen LogP contribution in [0.5, 0.6) is 0 Å². The monoisotopic (exact) mass is 209 g/mol. The molecule has 0 aliphatic heterocycles. The second-order valence-electron chi connectivity index (χ2n) is 4.37. The molecule has 1 fully saturated rings. The maximum Gasteiger partial charge on any atom is 0.338 e. The van der Waals surface area contributed by atoms with E-state index in [2.05, 4.69) is 12.2 Å². The smallest absolute Gasteiger partial charge is 0.338 e. The van der Waals surface area contributed by atoms with Gasteiger partial charge in [-0.2, -0.15) is 0 Å². The number of carboxylic acid groups (broad SMARTS) is 1. The Kier molecular flexibility index (Phi) is 2.52. The van der Waals surface area contributed by atoms with Crippen molar-refractivity contribution in [1.29, 1.82) is 0 Å². The summed E-state index contributed by atoms with van der Waals surface area (Å²) in [4.78, 5) is 10.6. The highest BCUT2D eigenvalue weighted by molar-refractivity contribution is 5.87. The van der Waals surface area contributed by atoms with E-state index in [4.69, 9.17) is 9.52 Å². The first-order chi connectivity index (χ1) is 7.09. The standard InChI is InChI=1S/C11H15NO3/c1-11(3-2-4-11)12-6-9-5-8(7-15-9)10(13)14/h5,7,12H,2-4,6H2,1H3,(H,13,14). The van der Waals surface area contributed by atoms with Gasteiger partial charge in [0, 0.05) is 5.54 Å². The fraction of sp³-hybridized carbons (Fsp3) is 0.545. The van der Waals surface area contributed by atoms with Gasteiger partial charge in [0.05, 0.1) is 12.1 Å². The van der Waals surface area contributed by atoms with E-state index < -0.39 is 5.97 Å². The number of aromatic carboxylic acids is 1.